The van der Waals surface area contributed by atoms with E-state index in [0.717, 1.165) is 0 Å². The zero-order valence-corrected chi connectivity index (χ0v) is 16.2. The van der Waals surface area contributed by atoms with E-state index >= 15 is 0 Å². The molecule has 0 N–H and O–H groups in total. The van der Waals surface area contributed by atoms with Crippen molar-refractivity contribution in [1.29, 1.82) is 0 Å². The van der Waals surface area contributed by atoms with Gasteiger partial charge >= 0.3 is 5.97 Å². The fourth-order valence-corrected chi connectivity index (χ4v) is 4.10. The Labute approximate surface area is 164 Å². The van der Waals surface area contributed by atoms with Gasteiger partial charge in [-0.3, -0.25) is 0 Å². The zero-order valence-electron chi connectivity index (χ0n) is 15.4. The Morgan fingerprint density at radius 3 is 2.32 bits per heavy atom. The molecule has 1 heterocycles. The molecule has 1 saturated heterocycles. The van der Waals surface area contributed by atoms with Crippen LogP contribution < -0.4 is 9.47 Å². The summed E-state index contributed by atoms with van der Waals surface area (Å²) in [7, 11) is -2.04. The number of ether oxygens (including phenoxy) is 3. The number of hydrogen-bond acceptors (Lipinski definition) is 6. The van der Waals surface area contributed by atoms with Crippen molar-refractivity contribution in [1.82, 2.24) is 4.31 Å². The van der Waals surface area contributed by atoms with Crippen LogP contribution in [-0.2, 0) is 19.6 Å². The third-order valence-electron chi connectivity index (χ3n) is 4.18. The molecule has 1 fully saturated rings. The molecule has 0 saturated carbocycles. The van der Waals surface area contributed by atoms with E-state index in [0.29, 0.717) is 43.4 Å². The fraction of sp³-hybridized carbons (Fsp3) is 0.250. The van der Waals surface area contributed by atoms with Crippen LogP contribution in [0.4, 0.5) is 0 Å². The van der Waals surface area contributed by atoms with Gasteiger partial charge < -0.3 is 14.2 Å². The summed E-state index contributed by atoms with van der Waals surface area (Å²) in [5, 5.41) is 0. The number of methoxy groups -OCH3 is 1. The van der Waals surface area contributed by atoms with Gasteiger partial charge in [0.15, 0.2) is 11.5 Å². The molecule has 28 heavy (non-hydrogen) atoms. The Kier molecular flexibility index (Phi) is 6.45. The predicted octanol–water partition coefficient (Wildman–Crippen LogP) is 2.33. The SMILES string of the molecule is COc1ccccc1OC(=O)/C=C/c1ccc(S(=O)(=O)N2CCOCC2)cc1. The lowest BCUT2D eigenvalue weighted by molar-refractivity contribution is -0.129. The molecule has 1 aliphatic heterocycles. The van der Waals surface area contributed by atoms with E-state index in [2.05, 4.69) is 0 Å². The highest BCUT2D eigenvalue weighted by molar-refractivity contribution is 7.89. The highest BCUT2D eigenvalue weighted by Crippen LogP contribution is 2.26. The van der Waals surface area contributed by atoms with Crippen LogP contribution in [0.2, 0.25) is 0 Å². The molecule has 0 aromatic heterocycles. The summed E-state index contributed by atoms with van der Waals surface area (Å²) < 4.78 is 42.2. The number of hydrogen-bond donors (Lipinski definition) is 0. The number of rotatable bonds is 6. The zero-order chi connectivity index (χ0) is 20.0. The standard InChI is InChI=1S/C20H21NO6S/c1-25-18-4-2-3-5-19(18)27-20(22)11-8-16-6-9-17(10-7-16)28(23,24)21-12-14-26-15-13-21/h2-11H,12-15H2,1H3/b11-8+. The minimum Gasteiger partial charge on any atom is -0.493 e. The van der Waals surface area contributed by atoms with Crippen LogP contribution in [0.15, 0.2) is 59.5 Å². The maximum atomic E-state index is 12.6. The van der Waals surface area contributed by atoms with E-state index in [1.165, 1.54) is 29.6 Å². The Morgan fingerprint density at radius 1 is 1.04 bits per heavy atom. The molecule has 0 aliphatic carbocycles. The second-order valence-electron chi connectivity index (χ2n) is 5.99. The van der Waals surface area contributed by atoms with Gasteiger partial charge in [-0.05, 0) is 35.9 Å². The third kappa shape index (κ3) is 4.78. The first kappa shape index (κ1) is 20.1. The van der Waals surface area contributed by atoms with Crippen LogP contribution >= 0.6 is 0 Å². The van der Waals surface area contributed by atoms with Crippen molar-refractivity contribution in [2.75, 3.05) is 33.4 Å². The van der Waals surface area contributed by atoms with Crippen molar-refractivity contribution in [2.24, 2.45) is 0 Å². The van der Waals surface area contributed by atoms with Crippen LogP contribution in [0.5, 0.6) is 11.5 Å². The number of sulfonamides is 1. The molecule has 2 aromatic carbocycles. The lowest BCUT2D eigenvalue weighted by atomic mass is 10.2. The van der Waals surface area contributed by atoms with E-state index in [9.17, 15) is 13.2 Å². The molecular formula is C20H21NO6S. The van der Waals surface area contributed by atoms with Gasteiger partial charge in [0.2, 0.25) is 10.0 Å². The van der Waals surface area contributed by atoms with E-state index < -0.39 is 16.0 Å². The average molecular weight is 403 g/mol. The van der Waals surface area contributed by atoms with Gasteiger partial charge in [-0.2, -0.15) is 4.31 Å². The molecule has 0 amide bonds. The highest BCUT2D eigenvalue weighted by atomic mass is 32.2. The van der Waals surface area contributed by atoms with Crippen molar-refractivity contribution < 1.29 is 27.4 Å². The number of morpholine rings is 1. The third-order valence-corrected chi connectivity index (χ3v) is 6.09. The smallest absolute Gasteiger partial charge is 0.336 e. The lowest BCUT2D eigenvalue weighted by Gasteiger charge is -2.26. The minimum absolute atomic E-state index is 0.211. The van der Waals surface area contributed by atoms with Crippen molar-refractivity contribution in [3.8, 4) is 11.5 Å². The Hall–Kier alpha value is -2.68. The summed E-state index contributed by atoms with van der Waals surface area (Å²) in [4.78, 5) is 12.2. The predicted molar refractivity (Wildman–Crippen MR) is 104 cm³/mol. The maximum absolute atomic E-state index is 12.6. The van der Waals surface area contributed by atoms with E-state index in [1.807, 2.05) is 0 Å². The molecular weight excluding hydrogens is 382 g/mol. The second-order valence-corrected chi connectivity index (χ2v) is 7.93. The fourth-order valence-electron chi connectivity index (χ4n) is 2.70. The average Bonchev–Trinajstić information content (AvgIpc) is 2.73. The van der Waals surface area contributed by atoms with Gasteiger partial charge in [-0.15, -0.1) is 0 Å². The van der Waals surface area contributed by atoms with E-state index in [1.54, 1.807) is 42.5 Å². The quantitative estimate of drug-likeness (QED) is 0.418. The summed E-state index contributed by atoms with van der Waals surface area (Å²) in [6.07, 6.45) is 2.83. The number of carbonyl (C=O) groups is 1. The van der Waals surface area contributed by atoms with Crippen LogP contribution in [0, 0.1) is 0 Å². The molecule has 2 aromatic rings. The van der Waals surface area contributed by atoms with Gasteiger partial charge in [-0.1, -0.05) is 24.3 Å². The van der Waals surface area contributed by atoms with E-state index in [4.69, 9.17) is 14.2 Å². The summed E-state index contributed by atoms with van der Waals surface area (Å²) in [6, 6.07) is 13.2. The highest BCUT2D eigenvalue weighted by Gasteiger charge is 2.25. The Morgan fingerprint density at radius 2 is 1.68 bits per heavy atom. The minimum atomic E-state index is -3.53. The Bertz CT molecular complexity index is 947. The molecule has 0 unspecified atom stereocenters. The molecule has 0 atom stereocenters. The number of esters is 1. The first-order valence-electron chi connectivity index (χ1n) is 8.71. The van der Waals surface area contributed by atoms with Gasteiger partial charge in [0.05, 0.1) is 25.2 Å². The molecule has 0 radical (unpaired) electrons. The monoisotopic (exact) mass is 403 g/mol. The van der Waals surface area contributed by atoms with Gasteiger partial charge in [0.25, 0.3) is 0 Å². The second kappa shape index (κ2) is 9.01. The summed E-state index contributed by atoms with van der Waals surface area (Å²) in [5.74, 6) is 0.225. The van der Waals surface area contributed by atoms with Crippen molar-refractivity contribution in [3.05, 3.63) is 60.2 Å². The Balaban J connectivity index is 1.65. The molecule has 148 valence electrons. The molecule has 8 heteroatoms. The van der Waals surface area contributed by atoms with Crippen molar-refractivity contribution in [2.45, 2.75) is 4.90 Å². The van der Waals surface area contributed by atoms with Crippen LogP contribution in [-0.4, -0.2) is 52.1 Å². The van der Waals surface area contributed by atoms with Gasteiger partial charge in [0.1, 0.15) is 0 Å². The number of carbonyl (C=O) groups excluding carboxylic acids is 1. The van der Waals surface area contributed by atoms with E-state index in [-0.39, 0.29) is 4.90 Å². The first-order valence-corrected chi connectivity index (χ1v) is 10.2. The summed E-state index contributed by atoms with van der Waals surface area (Å²) >= 11 is 0. The number of para-hydroxylation sites is 2. The molecule has 3 rings (SSSR count). The molecule has 0 spiro atoms. The van der Waals surface area contributed by atoms with Crippen molar-refractivity contribution in [3.63, 3.8) is 0 Å². The first-order chi connectivity index (χ1) is 13.5. The largest absolute Gasteiger partial charge is 0.493 e. The summed E-state index contributed by atoms with van der Waals surface area (Å²) in [5.41, 5.74) is 0.679. The number of nitrogens with zero attached hydrogens (tertiary/aromatic N) is 1. The van der Waals surface area contributed by atoms with Gasteiger partial charge in [0, 0.05) is 19.2 Å². The van der Waals surface area contributed by atoms with Crippen molar-refractivity contribution >= 4 is 22.1 Å². The molecule has 1 aliphatic rings. The number of benzene rings is 2. The summed E-state index contributed by atoms with van der Waals surface area (Å²) in [6.45, 7) is 1.49. The topological polar surface area (TPSA) is 82.1 Å². The molecule has 0 bridgehead atoms. The maximum Gasteiger partial charge on any atom is 0.336 e. The van der Waals surface area contributed by atoms with Gasteiger partial charge in [-0.25, -0.2) is 13.2 Å². The van der Waals surface area contributed by atoms with Crippen LogP contribution in [0.1, 0.15) is 5.56 Å². The van der Waals surface area contributed by atoms with Crippen LogP contribution in [0.3, 0.4) is 0 Å². The normalized spacial score (nSPS) is 15.5. The lowest BCUT2D eigenvalue weighted by Crippen LogP contribution is -2.40. The molecule has 7 nitrogen and oxygen atoms in total. The van der Waals surface area contributed by atoms with Crippen LogP contribution in [0.25, 0.3) is 6.08 Å².